The van der Waals surface area contributed by atoms with Gasteiger partial charge in [0.25, 0.3) is 5.91 Å². The van der Waals surface area contributed by atoms with Crippen molar-refractivity contribution < 1.29 is 19.0 Å². The van der Waals surface area contributed by atoms with E-state index in [-0.39, 0.29) is 35.0 Å². The molecule has 0 spiro atoms. The quantitative estimate of drug-likeness (QED) is 0.427. The van der Waals surface area contributed by atoms with Crippen LogP contribution in [0.4, 0.5) is 4.39 Å². The number of hydrogen-bond donors (Lipinski definition) is 1. The van der Waals surface area contributed by atoms with E-state index in [0.29, 0.717) is 25.4 Å². The minimum absolute atomic E-state index is 0.124. The molecule has 5 nitrogen and oxygen atoms in total. The molecule has 0 saturated carbocycles. The maximum Gasteiger partial charge on any atom is 0.256 e. The van der Waals surface area contributed by atoms with Crippen LogP contribution in [-0.4, -0.2) is 54.1 Å². The third kappa shape index (κ3) is 6.05. The van der Waals surface area contributed by atoms with E-state index in [1.807, 2.05) is 23.1 Å². The number of benzene rings is 3. The lowest BCUT2D eigenvalue weighted by Gasteiger charge is -2.30. The molecule has 3 aromatic carbocycles. The number of hydrogen-bond acceptors (Lipinski definition) is 4. The van der Waals surface area contributed by atoms with Crippen LogP contribution in [0.3, 0.4) is 0 Å². The first-order chi connectivity index (χ1) is 17.4. The zero-order valence-corrected chi connectivity index (χ0v) is 21.2. The maximum absolute atomic E-state index is 14.5. The van der Waals surface area contributed by atoms with Gasteiger partial charge in [-0.15, -0.1) is 0 Å². The highest BCUT2D eigenvalue weighted by Gasteiger charge is 2.36. The number of carbonyl (C=O) groups is 1. The molecule has 36 heavy (non-hydrogen) atoms. The zero-order chi connectivity index (χ0) is 25.7. The summed E-state index contributed by atoms with van der Waals surface area (Å²) < 4.78 is 19.8. The number of rotatable bonds is 9. The summed E-state index contributed by atoms with van der Waals surface area (Å²) in [6, 6.07) is 22.1. The van der Waals surface area contributed by atoms with Crippen LogP contribution in [-0.2, 0) is 6.54 Å². The number of halogens is 1. The summed E-state index contributed by atoms with van der Waals surface area (Å²) in [7, 11) is 1.55. The molecule has 1 fully saturated rings. The van der Waals surface area contributed by atoms with E-state index in [4.69, 9.17) is 4.74 Å². The number of amides is 1. The van der Waals surface area contributed by atoms with Gasteiger partial charge in [0.1, 0.15) is 5.82 Å². The summed E-state index contributed by atoms with van der Waals surface area (Å²) in [5.74, 6) is 0.549. The lowest BCUT2D eigenvalue weighted by Crippen LogP contribution is -2.40. The first-order valence-electron chi connectivity index (χ1n) is 12.5. The number of nitrogens with zero attached hydrogens (tertiary/aromatic N) is 2. The van der Waals surface area contributed by atoms with Gasteiger partial charge in [0.15, 0.2) is 11.5 Å². The Hall–Kier alpha value is -3.38. The Bertz CT molecular complexity index is 1170. The average molecular weight is 491 g/mol. The van der Waals surface area contributed by atoms with E-state index in [0.717, 1.165) is 18.7 Å². The molecule has 4 rings (SSSR count). The van der Waals surface area contributed by atoms with Crippen LogP contribution in [0.15, 0.2) is 72.8 Å². The SMILES string of the molecule is COc1cc(CN2CC(CN(CC(C)C)C(=O)c3ccccc3F)C(c3ccccc3)C2)ccc1O. The number of carbonyl (C=O) groups excluding carboxylic acids is 1. The average Bonchev–Trinajstić information content (AvgIpc) is 3.27. The molecule has 2 atom stereocenters. The van der Waals surface area contributed by atoms with Gasteiger partial charge >= 0.3 is 0 Å². The lowest BCUT2D eigenvalue weighted by molar-refractivity contribution is 0.0698. The summed E-state index contributed by atoms with van der Waals surface area (Å²) in [4.78, 5) is 17.7. The molecule has 190 valence electrons. The Morgan fingerprint density at radius 1 is 1.08 bits per heavy atom. The van der Waals surface area contributed by atoms with Gasteiger partial charge in [-0.3, -0.25) is 9.69 Å². The van der Waals surface area contributed by atoms with Crippen molar-refractivity contribution in [2.45, 2.75) is 26.3 Å². The first-order valence-corrected chi connectivity index (χ1v) is 12.5. The molecule has 1 heterocycles. The molecular formula is C30H35FN2O3. The smallest absolute Gasteiger partial charge is 0.256 e. The monoisotopic (exact) mass is 490 g/mol. The lowest BCUT2D eigenvalue weighted by atomic mass is 9.88. The highest BCUT2D eigenvalue weighted by atomic mass is 19.1. The highest BCUT2D eigenvalue weighted by Crippen LogP contribution is 2.35. The normalized spacial score (nSPS) is 17.9. The molecule has 1 amide bonds. The second-order valence-electron chi connectivity index (χ2n) is 10.1. The molecule has 0 bridgehead atoms. The molecule has 1 aliphatic rings. The van der Waals surface area contributed by atoms with Gasteiger partial charge in [0.05, 0.1) is 12.7 Å². The predicted octanol–water partition coefficient (Wildman–Crippen LogP) is 5.55. The first kappa shape index (κ1) is 25.7. The van der Waals surface area contributed by atoms with E-state index < -0.39 is 5.82 Å². The zero-order valence-electron chi connectivity index (χ0n) is 21.2. The minimum atomic E-state index is -0.481. The minimum Gasteiger partial charge on any atom is -0.504 e. The van der Waals surface area contributed by atoms with Gasteiger partial charge in [0.2, 0.25) is 0 Å². The van der Waals surface area contributed by atoms with Crippen LogP contribution < -0.4 is 4.74 Å². The van der Waals surface area contributed by atoms with Crippen LogP contribution in [0.25, 0.3) is 0 Å². The van der Waals surface area contributed by atoms with Crippen LogP contribution in [0.1, 0.15) is 41.3 Å². The number of methoxy groups -OCH3 is 1. The molecule has 6 heteroatoms. The molecule has 1 aliphatic heterocycles. The predicted molar refractivity (Wildman–Crippen MR) is 140 cm³/mol. The molecule has 3 aromatic rings. The molecule has 0 radical (unpaired) electrons. The van der Waals surface area contributed by atoms with Gasteiger partial charge < -0.3 is 14.7 Å². The fourth-order valence-electron chi connectivity index (χ4n) is 5.20. The van der Waals surface area contributed by atoms with E-state index in [2.05, 4.69) is 43.0 Å². The molecule has 1 N–H and O–H groups in total. The Kier molecular flexibility index (Phi) is 8.26. The van der Waals surface area contributed by atoms with Crippen molar-refractivity contribution in [3.8, 4) is 11.5 Å². The standard InChI is InChI=1S/C30H35FN2O3/c1-21(2)16-33(30(35)25-11-7-8-12-27(25)31)19-24-18-32(20-26(24)23-9-5-4-6-10-23)17-22-13-14-28(34)29(15-22)36-3/h4-15,21,24,26,34H,16-20H2,1-3H3. The number of ether oxygens (including phenoxy) is 1. The van der Waals surface area contributed by atoms with Crippen LogP contribution >= 0.6 is 0 Å². The fraction of sp³-hybridized carbons (Fsp3) is 0.367. The van der Waals surface area contributed by atoms with E-state index >= 15 is 0 Å². The summed E-state index contributed by atoms with van der Waals surface area (Å²) in [6.45, 7) is 7.65. The summed E-state index contributed by atoms with van der Waals surface area (Å²) in [5.41, 5.74) is 2.43. The van der Waals surface area contributed by atoms with Crippen molar-refractivity contribution in [3.63, 3.8) is 0 Å². The third-order valence-electron chi connectivity index (χ3n) is 6.83. The number of phenolic OH excluding ortho intramolecular Hbond substituents is 1. The number of likely N-dealkylation sites (tertiary alicyclic amines) is 1. The van der Waals surface area contributed by atoms with Crippen molar-refractivity contribution >= 4 is 5.91 Å². The van der Waals surface area contributed by atoms with Crippen molar-refractivity contribution in [2.24, 2.45) is 11.8 Å². The number of aromatic hydroxyl groups is 1. The largest absolute Gasteiger partial charge is 0.504 e. The Labute approximate surface area is 213 Å². The van der Waals surface area contributed by atoms with Crippen molar-refractivity contribution in [1.29, 1.82) is 0 Å². The van der Waals surface area contributed by atoms with Crippen molar-refractivity contribution in [3.05, 3.63) is 95.3 Å². The van der Waals surface area contributed by atoms with Crippen LogP contribution in [0.5, 0.6) is 11.5 Å². The molecule has 0 aliphatic carbocycles. The Balaban J connectivity index is 1.58. The topological polar surface area (TPSA) is 53.0 Å². The molecule has 2 unspecified atom stereocenters. The van der Waals surface area contributed by atoms with E-state index in [9.17, 15) is 14.3 Å². The van der Waals surface area contributed by atoms with Gasteiger partial charge in [-0.1, -0.05) is 62.4 Å². The van der Waals surface area contributed by atoms with Gasteiger partial charge in [0, 0.05) is 38.6 Å². The molecular weight excluding hydrogens is 455 g/mol. The van der Waals surface area contributed by atoms with Crippen molar-refractivity contribution in [1.82, 2.24) is 9.80 Å². The van der Waals surface area contributed by atoms with Crippen LogP contribution in [0.2, 0.25) is 0 Å². The fourth-order valence-corrected chi connectivity index (χ4v) is 5.20. The highest BCUT2D eigenvalue weighted by molar-refractivity contribution is 5.94. The van der Waals surface area contributed by atoms with Gasteiger partial charge in [-0.05, 0) is 47.2 Å². The summed E-state index contributed by atoms with van der Waals surface area (Å²) in [5, 5.41) is 9.96. The summed E-state index contributed by atoms with van der Waals surface area (Å²) in [6.07, 6.45) is 0. The van der Waals surface area contributed by atoms with Gasteiger partial charge in [-0.2, -0.15) is 0 Å². The Morgan fingerprint density at radius 2 is 1.81 bits per heavy atom. The van der Waals surface area contributed by atoms with E-state index in [1.54, 1.807) is 31.4 Å². The third-order valence-corrected chi connectivity index (χ3v) is 6.83. The van der Waals surface area contributed by atoms with Gasteiger partial charge in [-0.25, -0.2) is 4.39 Å². The maximum atomic E-state index is 14.5. The van der Waals surface area contributed by atoms with E-state index in [1.165, 1.54) is 11.6 Å². The Morgan fingerprint density at radius 3 is 2.50 bits per heavy atom. The summed E-state index contributed by atoms with van der Waals surface area (Å²) >= 11 is 0. The van der Waals surface area contributed by atoms with Crippen molar-refractivity contribution in [2.75, 3.05) is 33.3 Å². The molecule has 0 aromatic heterocycles. The molecule has 1 saturated heterocycles. The number of phenols is 1. The second kappa shape index (κ2) is 11.6. The van der Waals surface area contributed by atoms with Crippen LogP contribution in [0, 0.1) is 17.7 Å². The second-order valence-corrected chi connectivity index (χ2v) is 10.1.